The summed E-state index contributed by atoms with van der Waals surface area (Å²) in [5, 5.41) is 18.4. The zero-order valence-electron chi connectivity index (χ0n) is 22.1. The van der Waals surface area contributed by atoms with Crippen LogP contribution < -0.4 is 16.0 Å². The normalized spacial score (nSPS) is 10.9. The number of hydrogen-bond acceptors (Lipinski definition) is 7. The Balaban J connectivity index is 1.49. The molecule has 5 aromatic rings. The van der Waals surface area contributed by atoms with E-state index in [9.17, 15) is 9.59 Å². The Morgan fingerprint density at radius 3 is 2.29 bits per heavy atom. The molecule has 0 saturated carbocycles. The average molecular weight is 630 g/mol. The van der Waals surface area contributed by atoms with Gasteiger partial charge < -0.3 is 15.7 Å². The molecule has 0 radical (unpaired) electrons. The number of carbonyl (C=O) groups excluding carboxylic acids is 1. The molecule has 2 aromatic heterocycles. The van der Waals surface area contributed by atoms with E-state index in [1.807, 2.05) is 54.6 Å². The molecule has 4 N–H and O–H groups in total. The lowest BCUT2D eigenvalue weighted by molar-refractivity contribution is 0.102. The van der Waals surface area contributed by atoms with Gasteiger partial charge in [0.15, 0.2) is 5.65 Å². The van der Waals surface area contributed by atoms with E-state index in [1.165, 1.54) is 18.1 Å². The Bertz CT molecular complexity index is 1730. The van der Waals surface area contributed by atoms with Crippen molar-refractivity contribution < 1.29 is 14.7 Å². The highest BCUT2D eigenvalue weighted by atomic mass is 79.9. The van der Waals surface area contributed by atoms with Crippen molar-refractivity contribution in [3.8, 4) is 0 Å². The second-order valence-electron chi connectivity index (χ2n) is 9.34. The van der Waals surface area contributed by atoms with Gasteiger partial charge in [0.1, 0.15) is 12.1 Å². The van der Waals surface area contributed by atoms with E-state index in [4.69, 9.17) is 5.11 Å². The number of carbonyl (C=O) groups is 2. The average Bonchev–Trinajstić information content (AvgIpc) is 2.95. The zero-order chi connectivity index (χ0) is 28.9. The zero-order valence-corrected chi connectivity index (χ0v) is 24.5. The fourth-order valence-corrected chi connectivity index (χ4v) is 5.10. The van der Waals surface area contributed by atoms with Crippen molar-refractivity contribution >= 4 is 73.6 Å². The summed E-state index contributed by atoms with van der Waals surface area (Å²) in [5.74, 6) is 0.560. The molecular weight excluding hydrogens is 604 g/mol. The highest BCUT2D eigenvalue weighted by Gasteiger charge is 2.15. The number of carboxylic acid groups (broad SMARTS) is 1. The van der Waals surface area contributed by atoms with Crippen LogP contribution in [-0.4, -0.2) is 32.1 Å². The molecule has 0 aliphatic heterocycles. The number of fused-ring (bicyclic) bond motifs is 1. The van der Waals surface area contributed by atoms with Crippen LogP contribution in [-0.2, 0) is 0 Å². The van der Waals surface area contributed by atoms with E-state index in [-0.39, 0.29) is 11.8 Å². The van der Waals surface area contributed by atoms with Gasteiger partial charge >= 0.3 is 6.09 Å². The summed E-state index contributed by atoms with van der Waals surface area (Å²) in [6, 6.07) is 23.7. The fraction of sp³-hybridized carbons (Fsp3) is 0.100. The maximum Gasteiger partial charge on any atom is 0.409 e. The summed E-state index contributed by atoms with van der Waals surface area (Å²) < 4.78 is 0.919. The van der Waals surface area contributed by atoms with Crippen LogP contribution in [0.3, 0.4) is 0 Å². The first-order chi connectivity index (χ1) is 19.7. The molecule has 0 spiro atoms. The number of amides is 2. The molecule has 9 nitrogen and oxygen atoms in total. The fourth-order valence-electron chi connectivity index (χ4n) is 3.96. The van der Waals surface area contributed by atoms with Gasteiger partial charge in [-0.25, -0.2) is 19.7 Å². The van der Waals surface area contributed by atoms with Crippen molar-refractivity contribution in [3.05, 3.63) is 101 Å². The second-order valence-corrected chi connectivity index (χ2v) is 11.4. The highest BCUT2D eigenvalue weighted by molar-refractivity contribution is 9.10. The van der Waals surface area contributed by atoms with Crippen molar-refractivity contribution in [2.75, 3.05) is 16.0 Å². The Morgan fingerprint density at radius 2 is 1.59 bits per heavy atom. The molecule has 0 bridgehead atoms. The van der Waals surface area contributed by atoms with E-state index in [1.54, 1.807) is 24.3 Å². The minimum Gasteiger partial charge on any atom is -0.465 e. The number of nitrogens with one attached hydrogen (secondary N) is 3. The summed E-state index contributed by atoms with van der Waals surface area (Å²) in [5.41, 5.74) is 3.79. The highest BCUT2D eigenvalue weighted by Crippen LogP contribution is 2.37. The monoisotopic (exact) mass is 628 g/mol. The van der Waals surface area contributed by atoms with Crippen molar-refractivity contribution in [2.24, 2.45) is 0 Å². The maximum absolute atomic E-state index is 13.2. The number of halogens is 1. The van der Waals surface area contributed by atoms with Crippen molar-refractivity contribution in [2.45, 2.75) is 29.6 Å². The molecule has 2 heterocycles. The lowest BCUT2D eigenvalue weighted by Crippen LogP contribution is -2.12. The molecule has 5 rings (SSSR count). The molecule has 0 saturated heterocycles. The first-order valence-electron chi connectivity index (χ1n) is 12.6. The lowest BCUT2D eigenvalue weighted by atomic mass is 10.1. The van der Waals surface area contributed by atoms with E-state index in [0.717, 1.165) is 25.3 Å². The van der Waals surface area contributed by atoms with Crippen LogP contribution in [0.2, 0.25) is 0 Å². The number of hydrogen-bond donors (Lipinski definition) is 4. The van der Waals surface area contributed by atoms with Gasteiger partial charge in [-0.15, -0.1) is 0 Å². The topological polar surface area (TPSA) is 129 Å². The number of nitrogens with zero attached hydrogens (tertiary/aromatic N) is 3. The van der Waals surface area contributed by atoms with Crippen LogP contribution >= 0.6 is 27.7 Å². The SMILES string of the molecule is CC(C)c1ccc2c(Nc3cc(C(=O)Nc4ccc(Br)cc4)ccc3Sc3ccc(NC(=O)O)cc3)ncnc2n1. The van der Waals surface area contributed by atoms with E-state index in [2.05, 4.69) is 60.7 Å². The maximum atomic E-state index is 13.2. The first-order valence-corrected chi connectivity index (χ1v) is 14.2. The Hall–Kier alpha value is -4.48. The molecule has 11 heteroatoms. The van der Waals surface area contributed by atoms with Crippen LogP contribution in [0.5, 0.6) is 0 Å². The molecule has 206 valence electrons. The minimum absolute atomic E-state index is 0.256. The summed E-state index contributed by atoms with van der Waals surface area (Å²) >= 11 is 4.87. The standard InChI is InChI=1S/C30H25BrN6O3S/c1-17(2)24-13-12-23-27(36-24)32-16-33-28(23)37-25-15-18(29(38)34-20-6-4-19(31)5-7-20)3-14-26(25)41-22-10-8-21(9-11-22)35-30(39)40/h3-17,35H,1-2H3,(H,34,38)(H,39,40)(H,32,33,36,37). The van der Waals surface area contributed by atoms with Gasteiger partial charge in [-0.1, -0.05) is 41.5 Å². The predicted octanol–water partition coefficient (Wildman–Crippen LogP) is 8.15. The second kappa shape index (κ2) is 12.4. The molecule has 2 amide bonds. The molecule has 41 heavy (non-hydrogen) atoms. The van der Waals surface area contributed by atoms with Crippen molar-refractivity contribution in [3.63, 3.8) is 0 Å². The van der Waals surface area contributed by atoms with Crippen LogP contribution in [0.1, 0.15) is 35.8 Å². The molecule has 0 unspecified atom stereocenters. The minimum atomic E-state index is -1.12. The molecule has 0 atom stereocenters. The summed E-state index contributed by atoms with van der Waals surface area (Å²) in [6.07, 6.45) is 0.341. The number of benzene rings is 3. The number of pyridine rings is 1. The quantitative estimate of drug-likeness (QED) is 0.135. The van der Waals surface area contributed by atoms with Crippen molar-refractivity contribution in [1.82, 2.24) is 15.0 Å². The third-order valence-corrected chi connectivity index (χ3v) is 7.65. The number of rotatable bonds is 8. The lowest BCUT2D eigenvalue weighted by Gasteiger charge is -2.15. The van der Waals surface area contributed by atoms with Gasteiger partial charge in [-0.05, 0) is 84.8 Å². The number of anilines is 4. The largest absolute Gasteiger partial charge is 0.465 e. The molecule has 3 aromatic carbocycles. The third kappa shape index (κ3) is 7.00. The third-order valence-electron chi connectivity index (χ3n) is 6.04. The van der Waals surface area contributed by atoms with Gasteiger partial charge in [-0.3, -0.25) is 10.1 Å². The number of aromatic nitrogens is 3. The Labute approximate surface area is 249 Å². The molecule has 0 aliphatic carbocycles. The Kier molecular flexibility index (Phi) is 8.46. The summed E-state index contributed by atoms with van der Waals surface area (Å²) in [7, 11) is 0. The van der Waals surface area contributed by atoms with Crippen LogP contribution in [0.15, 0.2) is 99.5 Å². The molecule has 0 aliphatic rings. The van der Waals surface area contributed by atoms with Gasteiger partial charge in [0.25, 0.3) is 5.91 Å². The van der Waals surface area contributed by atoms with Crippen molar-refractivity contribution in [1.29, 1.82) is 0 Å². The van der Waals surface area contributed by atoms with Gasteiger partial charge in [0.2, 0.25) is 0 Å². The molecular formula is C30H25BrN6O3S. The van der Waals surface area contributed by atoms with Gasteiger partial charge in [0, 0.05) is 36.9 Å². The van der Waals surface area contributed by atoms with E-state index >= 15 is 0 Å². The van der Waals surface area contributed by atoms with Crippen LogP contribution in [0.4, 0.5) is 27.7 Å². The first kappa shape index (κ1) is 28.1. The summed E-state index contributed by atoms with van der Waals surface area (Å²) in [6.45, 7) is 4.15. The van der Waals surface area contributed by atoms with Gasteiger partial charge in [0.05, 0.1) is 11.1 Å². The van der Waals surface area contributed by atoms with E-state index in [0.29, 0.717) is 34.1 Å². The van der Waals surface area contributed by atoms with Crippen LogP contribution in [0.25, 0.3) is 11.0 Å². The smallest absolute Gasteiger partial charge is 0.409 e. The van der Waals surface area contributed by atoms with E-state index < -0.39 is 6.09 Å². The Morgan fingerprint density at radius 1 is 0.878 bits per heavy atom. The van der Waals surface area contributed by atoms with Gasteiger partial charge in [-0.2, -0.15) is 0 Å². The predicted molar refractivity (Wildman–Crippen MR) is 165 cm³/mol. The van der Waals surface area contributed by atoms with Crippen LogP contribution in [0, 0.1) is 0 Å². The summed E-state index contributed by atoms with van der Waals surface area (Å²) in [4.78, 5) is 39.4. The molecule has 0 fully saturated rings.